The molecule has 0 radical (unpaired) electrons. The lowest BCUT2D eigenvalue weighted by atomic mass is 9.69. The van der Waals surface area contributed by atoms with Gasteiger partial charge in [0.15, 0.2) is 0 Å². The molecule has 0 unspecified atom stereocenters. The zero-order valence-electron chi connectivity index (χ0n) is 7.74. The van der Waals surface area contributed by atoms with Gasteiger partial charge in [-0.2, -0.15) is 0 Å². The summed E-state index contributed by atoms with van der Waals surface area (Å²) in [5, 5.41) is 0. The van der Waals surface area contributed by atoms with Gasteiger partial charge in [-0.05, 0) is 18.2 Å². The van der Waals surface area contributed by atoms with Crippen molar-refractivity contribution in [1.29, 1.82) is 0 Å². The van der Waals surface area contributed by atoms with Gasteiger partial charge in [-0.15, -0.1) is 0 Å². The highest BCUT2D eigenvalue weighted by Gasteiger charge is 2.56. The maximum atomic E-state index is 13.4. The lowest BCUT2D eigenvalue weighted by Crippen LogP contribution is -2.55. The van der Waals surface area contributed by atoms with Crippen molar-refractivity contribution in [3.63, 3.8) is 0 Å². The second-order valence-electron chi connectivity index (χ2n) is 3.99. The van der Waals surface area contributed by atoms with E-state index in [9.17, 15) is 13.2 Å². The molecule has 0 bridgehead atoms. The second kappa shape index (κ2) is 3.22. The van der Waals surface area contributed by atoms with E-state index in [2.05, 4.69) is 15.9 Å². The fourth-order valence-corrected chi connectivity index (χ4v) is 2.30. The summed E-state index contributed by atoms with van der Waals surface area (Å²) in [5.74, 6) is -3.29. The lowest BCUT2D eigenvalue weighted by Gasteiger charge is -2.44. The summed E-state index contributed by atoms with van der Waals surface area (Å²) in [5.41, 5.74) is 4.66. The first-order chi connectivity index (χ1) is 6.82. The van der Waals surface area contributed by atoms with Crippen molar-refractivity contribution < 1.29 is 13.2 Å². The SMILES string of the molecule is NC1(c2cc(Br)ccc2F)CC(F)(F)C1. The number of rotatable bonds is 1. The third kappa shape index (κ3) is 1.90. The van der Waals surface area contributed by atoms with Crippen LogP contribution in [0.2, 0.25) is 0 Å². The van der Waals surface area contributed by atoms with Gasteiger partial charge in [0.05, 0.1) is 5.54 Å². The summed E-state index contributed by atoms with van der Waals surface area (Å²) >= 11 is 3.16. The van der Waals surface area contributed by atoms with E-state index in [0.717, 1.165) is 0 Å². The summed E-state index contributed by atoms with van der Waals surface area (Å²) < 4.78 is 39.5. The van der Waals surface area contributed by atoms with Gasteiger partial charge in [0.1, 0.15) is 5.82 Å². The number of hydrogen-bond acceptors (Lipinski definition) is 1. The van der Waals surface area contributed by atoms with Gasteiger partial charge in [-0.3, -0.25) is 0 Å². The molecule has 1 saturated carbocycles. The molecule has 15 heavy (non-hydrogen) atoms. The molecule has 0 aliphatic heterocycles. The van der Waals surface area contributed by atoms with Gasteiger partial charge in [0.2, 0.25) is 0 Å². The van der Waals surface area contributed by atoms with Crippen molar-refractivity contribution in [1.82, 2.24) is 0 Å². The zero-order valence-corrected chi connectivity index (χ0v) is 9.32. The van der Waals surface area contributed by atoms with Gasteiger partial charge in [0.25, 0.3) is 5.92 Å². The number of nitrogens with two attached hydrogens (primary N) is 1. The van der Waals surface area contributed by atoms with E-state index < -0.39 is 30.1 Å². The van der Waals surface area contributed by atoms with Crippen molar-refractivity contribution in [3.05, 3.63) is 34.1 Å². The Morgan fingerprint density at radius 1 is 1.27 bits per heavy atom. The van der Waals surface area contributed by atoms with Crippen molar-refractivity contribution >= 4 is 15.9 Å². The average Bonchev–Trinajstić information content (AvgIpc) is 2.05. The minimum Gasteiger partial charge on any atom is -0.321 e. The third-order valence-corrected chi connectivity index (χ3v) is 3.11. The molecule has 0 amide bonds. The quantitative estimate of drug-likeness (QED) is 0.840. The molecule has 1 aliphatic carbocycles. The number of halogens is 4. The molecule has 1 aliphatic rings. The Kier molecular flexibility index (Phi) is 2.35. The van der Waals surface area contributed by atoms with Crippen LogP contribution in [0.5, 0.6) is 0 Å². The number of benzene rings is 1. The summed E-state index contributed by atoms with van der Waals surface area (Å²) in [6.45, 7) is 0. The molecule has 1 aromatic rings. The van der Waals surface area contributed by atoms with Gasteiger partial charge in [-0.25, -0.2) is 13.2 Å². The van der Waals surface area contributed by atoms with Crippen LogP contribution in [0.15, 0.2) is 22.7 Å². The summed E-state index contributed by atoms with van der Waals surface area (Å²) in [6, 6.07) is 4.20. The number of alkyl halides is 2. The molecule has 82 valence electrons. The van der Waals surface area contributed by atoms with Crippen molar-refractivity contribution in [2.75, 3.05) is 0 Å². The maximum Gasteiger partial charge on any atom is 0.252 e. The van der Waals surface area contributed by atoms with Gasteiger partial charge >= 0.3 is 0 Å². The normalized spacial score (nSPS) is 22.2. The Labute approximate surface area is 93.6 Å². The van der Waals surface area contributed by atoms with Crippen LogP contribution >= 0.6 is 15.9 Å². The largest absolute Gasteiger partial charge is 0.321 e. The number of hydrogen-bond donors (Lipinski definition) is 1. The fourth-order valence-electron chi connectivity index (χ4n) is 1.94. The first-order valence-electron chi connectivity index (χ1n) is 4.45. The predicted octanol–water partition coefficient (Wildman–Crippen LogP) is 3.17. The van der Waals surface area contributed by atoms with Crippen LogP contribution in [0.3, 0.4) is 0 Å². The molecule has 1 fully saturated rings. The molecule has 5 heteroatoms. The van der Waals surface area contributed by atoms with Crippen molar-refractivity contribution in [2.45, 2.75) is 24.3 Å². The molecule has 1 nitrogen and oxygen atoms in total. The van der Waals surface area contributed by atoms with Gasteiger partial charge in [0, 0.05) is 22.9 Å². The van der Waals surface area contributed by atoms with Crippen LogP contribution in [0.1, 0.15) is 18.4 Å². The summed E-state index contributed by atoms with van der Waals surface area (Å²) in [4.78, 5) is 0. The Bertz CT molecular complexity index is 398. The van der Waals surface area contributed by atoms with Gasteiger partial charge in [-0.1, -0.05) is 15.9 Å². The molecule has 0 aromatic heterocycles. The highest BCUT2D eigenvalue weighted by Crippen LogP contribution is 2.50. The lowest BCUT2D eigenvalue weighted by molar-refractivity contribution is -0.125. The van der Waals surface area contributed by atoms with E-state index in [1.165, 1.54) is 18.2 Å². The summed E-state index contributed by atoms with van der Waals surface area (Å²) in [7, 11) is 0. The van der Waals surface area contributed by atoms with Gasteiger partial charge < -0.3 is 5.73 Å². The molecular formula is C10H9BrF3N. The Hall–Kier alpha value is -0.550. The van der Waals surface area contributed by atoms with E-state index in [4.69, 9.17) is 5.73 Å². The molecule has 2 N–H and O–H groups in total. The van der Waals surface area contributed by atoms with Crippen molar-refractivity contribution in [3.8, 4) is 0 Å². The van der Waals surface area contributed by atoms with Crippen LogP contribution in [-0.2, 0) is 5.54 Å². The minimum atomic E-state index is -2.76. The predicted molar refractivity (Wildman–Crippen MR) is 54.1 cm³/mol. The topological polar surface area (TPSA) is 26.0 Å². The standard InChI is InChI=1S/C10H9BrF3N/c11-6-1-2-8(12)7(3-6)9(15)4-10(13,14)5-9/h1-3H,4-5,15H2. The van der Waals surface area contributed by atoms with Crippen LogP contribution in [0, 0.1) is 5.82 Å². The molecule has 1 aromatic carbocycles. The first kappa shape index (κ1) is 11.0. The van der Waals surface area contributed by atoms with Crippen LogP contribution < -0.4 is 5.73 Å². The molecule has 0 saturated heterocycles. The Balaban J connectivity index is 2.35. The van der Waals surface area contributed by atoms with Crippen LogP contribution in [-0.4, -0.2) is 5.92 Å². The molecular weight excluding hydrogens is 271 g/mol. The summed E-state index contributed by atoms with van der Waals surface area (Å²) in [6.07, 6.45) is -0.985. The maximum absolute atomic E-state index is 13.4. The second-order valence-corrected chi connectivity index (χ2v) is 4.91. The van der Waals surface area contributed by atoms with E-state index in [1.54, 1.807) is 0 Å². The fraction of sp³-hybridized carbons (Fsp3) is 0.400. The van der Waals surface area contributed by atoms with E-state index >= 15 is 0 Å². The Morgan fingerprint density at radius 2 is 1.87 bits per heavy atom. The van der Waals surface area contributed by atoms with E-state index in [-0.39, 0.29) is 5.56 Å². The monoisotopic (exact) mass is 279 g/mol. The molecule has 0 heterocycles. The smallest absolute Gasteiger partial charge is 0.252 e. The van der Waals surface area contributed by atoms with E-state index in [0.29, 0.717) is 4.47 Å². The molecule has 0 spiro atoms. The van der Waals surface area contributed by atoms with Crippen LogP contribution in [0.4, 0.5) is 13.2 Å². The molecule has 0 atom stereocenters. The highest BCUT2D eigenvalue weighted by molar-refractivity contribution is 9.10. The highest BCUT2D eigenvalue weighted by atomic mass is 79.9. The minimum absolute atomic E-state index is 0.155. The first-order valence-corrected chi connectivity index (χ1v) is 5.24. The zero-order chi connectivity index (χ0) is 11.3. The third-order valence-electron chi connectivity index (χ3n) is 2.61. The van der Waals surface area contributed by atoms with Crippen LogP contribution in [0.25, 0.3) is 0 Å². The van der Waals surface area contributed by atoms with Crippen molar-refractivity contribution in [2.24, 2.45) is 5.73 Å². The average molecular weight is 280 g/mol. The van der Waals surface area contributed by atoms with E-state index in [1.807, 2.05) is 0 Å². The Morgan fingerprint density at radius 3 is 2.40 bits per heavy atom. The molecule has 2 rings (SSSR count).